The highest BCUT2D eigenvalue weighted by Crippen LogP contribution is 2.35. The maximum Gasteiger partial charge on any atom is 0.417 e. The fourth-order valence-corrected chi connectivity index (χ4v) is 2.39. The van der Waals surface area contributed by atoms with Crippen molar-refractivity contribution in [3.63, 3.8) is 0 Å². The summed E-state index contributed by atoms with van der Waals surface area (Å²) >= 11 is 3.06. The number of β-amino-alcohol motifs (C(OH)–C–C–N with tert-alkyl or cyclic N) is 1. The average molecular weight is 338 g/mol. The number of likely N-dealkylation sites (tertiary alicyclic amines) is 1. The molecule has 1 aliphatic rings. The summed E-state index contributed by atoms with van der Waals surface area (Å²) in [6, 6.07) is 3.26. The molecule has 1 fully saturated rings. The molecule has 2 rings (SSSR count). The van der Waals surface area contributed by atoms with Gasteiger partial charge in [-0.15, -0.1) is 0 Å². The smallest absolute Gasteiger partial charge is 0.386 e. The van der Waals surface area contributed by atoms with Gasteiger partial charge in [0.05, 0.1) is 29.8 Å². The van der Waals surface area contributed by atoms with E-state index in [0.29, 0.717) is 4.47 Å². The molecule has 0 spiro atoms. The summed E-state index contributed by atoms with van der Waals surface area (Å²) in [7, 11) is 0. The first-order valence-electron chi connectivity index (χ1n) is 5.48. The summed E-state index contributed by atoms with van der Waals surface area (Å²) in [6.07, 6.45) is -4.58. The van der Waals surface area contributed by atoms with Crippen molar-refractivity contribution in [2.24, 2.45) is 0 Å². The number of carbonyl (C=O) groups excluding carboxylic acids is 1. The molecule has 1 heterocycles. The van der Waals surface area contributed by atoms with Gasteiger partial charge in [0.25, 0.3) is 5.91 Å². The number of alkyl halides is 3. The number of carbonyl (C=O) groups is 1. The Bertz CT molecular complexity index is 520. The monoisotopic (exact) mass is 337 g/mol. The van der Waals surface area contributed by atoms with Crippen LogP contribution in [0, 0.1) is 0 Å². The second-order valence-corrected chi connectivity index (χ2v) is 5.76. The molecule has 1 aromatic carbocycles. The maximum absolute atomic E-state index is 12.8. The van der Waals surface area contributed by atoms with Crippen molar-refractivity contribution in [1.82, 2.24) is 4.90 Å². The molecule has 0 aliphatic carbocycles. The highest BCUT2D eigenvalue weighted by atomic mass is 79.9. The van der Waals surface area contributed by atoms with Gasteiger partial charge in [0.2, 0.25) is 0 Å². The molecule has 1 amide bonds. The summed E-state index contributed by atoms with van der Waals surface area (Å²) in [6.45, 7) is 1.60. The quantitative estimate of drug-likeness (QED) is 0.855. The van der Waals surface area contributed by atoms with Gasteiger partial charge in [-0.2, -0.15) is 13.2 Å². The van der Waals surface area contributed by atoms with Crippen LogP contribution in [0.3, 0.4) is 0 Å². The Morgan fingerprint density at radius 2 is 2.00 bits per heavy atom. The third-order valence-electron chi connectivity index (χ3n) is 2.87. The van der Waals surface area contributed by atoms with Crippen LogP contribution in [0.4, 0.5) is 13.2 Å². The number of hydrogen-bond acceptors (Lipinski definition) is 2. The van der Waals surface area contributed by atoms with Crippen LogP contribution in [0.1, 0.15) is 22.8 Å². The zero-order valence-corrected chi connectivity index (χ0v) is 11.5. The summed E-state index contributed by atoms with van der Waals surface area (Å²) < 4.78 is 38.9. The second-order valence-electron chi connectivity index (χ2n) is 4.85. The van der Waals surface area contributed by atoms with E-state index in [1.54, 1.807) is 0 Å². The van der Waals surface area contributed by atoms with Crippen LogP contribution < -0.4 is 0 Å². The molecule has 104 valence electrons. The van der Waals surface area contributed by atoms with Gasteiger partial charge in [-0.05, 0) is 25.1 Å². The third kappa shape index (κ3) is 2.92. The maximum atomic E-state index is 12.8. The Morgan fingerprint density at radius 3 is 2.47 bits per heavy atom. The van der Waals surface area contributed by atoms with E-state index in [4.69, 9.17) is 0 Å². The fraction of sp³-hybridized carbons (Fsp3) is 0.417. The summed E-state index contributed by atoms with van der Waals surface area (Å²) in [5.74, 6) is -0.722. The lowest BCUT2D eigenvalue weighted by atomic mass is 9.95. The van der Waals surface area contributed by atoms with Crippen LogP contribution in [0.25, 0.3) is 0 Å². The van der Waals surface area contributed by atoms with E-state index in [2.05, 4.69) is 15.9 Å². The first-order chi connectivity index (χ1) is 8.60. The molecule has 3 nitrogen and oxygen atoms in total. The number of rotatable bonds is 1. The predicted molar refractivity (Wildman–Crippen MR) is 65.7 cm³/mol. The molecule has 7 heteroatoms. The van der Waals surface area contributed by atoms with Gasteiger partial charge in [0, 0.05) is 4.47 Å². The van der Waals surface area contributed by atoms with Crippen molar-refractivity contribution in [2.75, 3.05) is 13.1 Å². The summed E-state index contributed by atoms with van der Waals surface area (Å²) in [4.78, 5) is 13.2. The minimum atomic E-state index is -4.58. The number of aliphatic hydroxyl groups is 1. The van der Waals surface area contributed by atoms with Crippen LogP contribution in [-0.2, 0) is 6.18 Å². The zero-order valence-electron chi connectivity index (χ0n) is 9.96. The minimum Gasteiger partial charge on any atom is -0.386 e. The lowest BCUT2D eigenvalue weighted by Gasteiger charge is -2.44. The van der Waals surface area contributed by atoms with Crippen LogP contribution in [0.15, 0.2) is 22.7 Å². The van der Waals surface area contributed by atoms with E-state index in [9.17, 15) is 23.1 Å². The van der Waals surface area contributed by atoms with E-state index < -0.39 is 28.8 Å². The van der Waals surface area contributed by atoms with Gasteiger partial charge in [-0.1, -0.05) is 15.9 Å². The molecule has 0 radical (unpaired) electrons. The van der Waals surface area contributed by atoms with Gasteiger partial charge in [0.1, 0.15) is 0 Å². The predicted octanol–water partition coefficient (Wildman–Crippen LogP) is 2.67. The SMILES string of the molecule is CC1(O)CN(C(=O)c2cc(Br)ccc2C(F)(F)F)C1. The Kier molecular flexibility index (Phi) is 3.38. The minimum absolute atomic E-state index is 0.0373. The molecule has 1 N–H and O–H groups in total. The Morgan fingerprint density at radius 1 is 1.42 bits per heavy atom. The highest BCUT2D eigenvalue weighted by molar-refractivity contribution is 9.10. The molecule has 1 saturated heterocycles. The molecular formula is C12H11BrF3NO2. The highest BCUT2D eigenvalue weighted by Gasteiger charge is 2.42. The first-order valence-corrected chi connectivity index (χ1v) is 6.28. The lowest BCUT2D eigenvalue weighted by molar-refractivity contribution is -0.138. The van der Waals surface area contributed by atoms with E-state index in [1.807, 2.05) is 0 Å². The van der Waals surface area contributed by atoms with Gasteiger partial charge in [-0.3, -0.25) is 4.79 Å². The van der Waals surface area contributed by atoms with Crippen molar-refractivity contribution in [1.29, 1.82) is 0 Å². The lowest BCUT2D eigenvalue weighted by Crippen LogP contribution is -2.61. The topological polar surface area (TPSA) is 40.5 Å². The van der Waals surface area contributed by atoms with Crippen molar-refractivity contribution < 1.29 is 23.1 Å². The largest absolute Gasteiger partial charge is 0.417 e. The van der Waals surface area contributed by atoms with E-state index in [-0.39, 0.29) is 13.1 Å². The second kappa shape index (κ2) is 4.49. The Labute approximate surface area is 116 Å². The molecule has 19 heavy (non-hydrogen) atoms. The van der Waals surface area contributed by atoms with Crippen molar-refractivity contribution in [3.8, 4) is 0 Å². The number of benzene rings is 1. The van der Waals surface area contributed by atoms with Crippen LogP contribution in [0.5, 0.6) is 0 Å². The average Bonchev–Trinajstić information content (AvgIpc) is 2.22. The van der Waals surface area contributed by atoms with Crippen molar-refractivity contribution in [2.45, 2.75) is 18.7 Å². The third-order valence-corrected chi connectivity index (χ3v) is 3.36. The van der Waals surface area contributed by atoms with Gasteiger partial charge < -0.3 is 10.0 Å². The molecule has 1 aliphatic heterocycles. The number of amides is 1. The number of nitrogens with zero attached hydrogens (tertiary/aromatic N) is 1. The van der Waals surface area contributed by atoms with Crippen LogP contribution in [-0.4, -0.2) is 34.6 Å². The molecule has 1 aromatic rings. The normalized spacial score (nSPS) is 18.1. The molecule has 0 atom stereocenters. The zero-order chi connectivity index (χ0) is 14.4. The van der Waals surface area contributed by atoms with E-state index >= 15 is 0 Å². The Balaban J connectivity index is 2.34. The number of halogens is 4. The number of hydrogen-bond donors (Lipinski definition) is 1. The summed E-state index contributed by atoms with van der Waals surface area (Å²) in [5.41, 5.74) is -2.38. The molecule has 0 unspecified atom stereocenters. The van der Waals surface area contributed by atoms with E-state index in [1.165, 1.54) is 17.9 Å². The van der Waals surface area contributed by atoms with Crippen LogP contribution in [0.2, 0.25) is 0 Å². The van der Waals surface area contributed by atoms with Gasteiger partial charge >= 0.3 is 6.18 Å². The van der Waals surface area contributed by atoms with Crippen LogP contribution >= 0.6 is 15.9 Å². The first kappa shape index (κ1) is 14.3. The fourth-order valence-electron chi connectivity index (χ4n) is 2.03. The Hall–Kier alpha value is -1.08. The van der Waals surface area contributed by atoms with Crippen molar-refractivity contribution in [3.05, 3.63) is 33.8 Å². The molecule has 0 saturated carbocycles. The standard InChI is InChI=1S/C12H11BrF3NO2/c1-11(19)5-17(6-11)10(18)8-4-7(13)2-3-9(8)12(14,15)16/h2-4,19H,5-6H2,1H3. The molecular weight excluding hydrogens is 327 g/mol. The van der Waals surface area contributed by atoms with Crippen molar-refractivity contribution >= 4 is 21.8 Å². The molecule has 0 bridgehead atoms. The van der Waals surface area contributed by atoms with Gasteiger partial charge in [-0.25, -0.2) is 0 Å². The summed E-state index contributed by atoms with van der Waals surface area (Å²) in [5, 5.41) is 9.54. The molecule has 0 aromatic heterocycles. The van der Waals surface area contributed by atoms with E-state index in [0.717, 1.165) is 12.1 Å². The van der Waals surface area contributed by atoms with Gasteiger partial charge in [0.15, 0.2) is 0 Å².